The molecule has 1 heterocycles. The van der Waals surface area contributed by atoms with Gasteiger partial charge in [-0.25, -0.2) is 0 Å². The Morgan fingerprint density at radius 2 is 2.29 bits per heavy atom. The van der Waals surface area contributed by atoms with Crippen LogP contribution in [0.3, 0.4) is 0 Å². The molecule has 1 aromatic heterocycles. The van der Waals surface area contributed by atoms with E-state index < -0.39 is 0 Å². The number of carbonyl (C=O) groups excluding carboxylic acids is 1. The standard InChI is InChI=1S/C11H19N5O/c1-16(2)6-5-13-11(17)10-8(12)9(14-15-10)7-3-4-7/h7H,3-6,12H2,1-2H3,(H,13,17)(H,14,15). The molecule has 4 N–H and O–H groups in total. The largest absolute Gasteiger partial charge is 0.395 e. The lowest BCUT2D eigenvalue weighted by atomic mass is 10.2. The summed E-state index contributed by atoms with van der Waals surface area (Å²) in [6.07, 6.45) is 2.27. The lowest BCUT2D eigenvalue weighted by Crippen LogP contribution is -2.31. The van der Waals surface area contributed by atoms with Crippen molar-refractivity contribution in [2.45, 2.75) is 18.8 Å². The zero-order valence-electron chi connectivity index (χ0n) is 10.3. The molecule has 1 aliphatic carbocycles. The van der Waals surface area contributed by atoms with Crippen molar-refractivity contribution < 1.29 is 4.79 Å². The second-order valence-corrected chi connectivity index (χ2v) is 4.73. The minimum absolute atomic E-state index is 0.201. The number of carbonyl (C=O) groups is 1. The molecule has 1 saturated carbocycles. The van der Waals surface area contributed by atoms with Gasteiger partial charge in [-0.05, 0) is 26.9 Å². The van der Waals surface area contributed by atoms with Gasteiger partial charge in [0.15, 0.2) is 5.69 Å². The predicted octanol–water partition coefficient (Wildman–Crippen LogP) is 0.161. The van der Waals surface area contributed by atoms with E-state index in [1.54, 1.807) is 0 Å². The van der Waals surface area contributed by atoms with E-state index in [4.69, 9.17) is 5.73 Å². The van der Waals surface area contributed by atoms with Gasteiger partial charge in [-0.1, -0.05) is 0 Å². The molecule has 1 aliphatic rings. The maximum absolute atomic E-state index is 11.8. The second-order valence-electron chi connectivity index (χ2n) is 4.73. The van der Waals surface area contributed by atoms with Gasteiger partial charge in [-0.15, -0.1) is 0 Å². The average Bonchev–Trinajstić information content (AvgIpc) is 3.02. The summed E-state index contributed by atoms with van der Waals surface area (Å²) >= 11 is 0. The summed E-state index contributed by atoms with van der Waals surface area (Å²) in [5.74, 6) is 0.276. The average molecular weight is 237 g/mol. The molecule has 1 fully saturated rings. The molecule has 0 aliphatic heterocycles. The molecule has 6 nitrogen and oxygen atoms in total. The topological polar surface area (TPSA) is 87.0 Å². The van der Waals surface area contributed by atoms with Crippen LogP contribution in [0.4, 0.5) is 5.69 Å². The number of aromatic nitrogens is 2. The third-order valence-corrected chi connectivity index (χ3v) is 2.88. The highest BCUT2D eigenvalue weighted by Gasteiger charge is 2.30. The molecule has 0 atom stereocenters. The minimum atomic E-state index is -0.201. The summed E-state index contributed by atoms with van der Waals surface area (Å²) in [4.78, 5) is 13.8. The van der Waals surface area contributed by atoms with Crippen molar-refractivity contribution in [3.63, 3.8) is 0 Å². The molecule has 0 unspecified atom stereocenters. The molecule has 6 heteroatoms. The van der Waals surface area contributed by atoms with E-state index in [0.717, 1.165) is 25.1 Å². The molecule has 1 aromatic rings. The third-order valence-electron chi connectivity index (χ3n) is 2.88. The van der Waals surface area contributed by atoms with Crippen molar-refractivity contribution in [1.82, 2.24) is 20.4 Å². The van der Waals surface area contributed by atoms with Gasteiger partial charge in [0.25, 0.3) is 5.91 Å². The van der Waals surface area contributed by atoms with Crippen LogP contribution >= 0.6 is 0 Å². The lowest BCUT2D eigenvalue weighted by molar-refractivity contribution is 0.0947. The van der Waals surface area contributed by atoms with Crippen LogP contribution in [-0.4, -0.2) is 48.2 Å². The number of amides is 1. The Hall–Kier alpha value is -1.56. The maximum atomic E-state index is 11.8. The van der Waals surface area contributed by atoms with Gasteiger partial charge in [0.2, 0.25) is 0 Å². The van der Waals surface area contributed by atoms with E-state index >= 15 is 0 Å². The van der Waals surface area contributed by atoms with Gasteiger partial charge in [-0.3, -0.25) is 9.89 Å². The SMILES string of the molecule is CN(C)CCNC(=O)c1n[nH]c(C2CC2)c1N. The summed E-state index contributed by atoms with van der Waals surface area (Å²) in [6, 6.07) is 0. The maximum Gasteiger partial charge on any atom is 0.273 e. The zero-order chi connectivity index (χ0) is 12.4. The number of nitrogen functional groups attached to an aromatic ring is 1. The summed E-state index contributed by atoms with van der Waals surface area (Å²) < 4.78 is 0. The van der Waals surface area contributed by atoms with E-state index in [0.29, 0.717) is 23.8 Å². The summed E-state index contributed by atoms with van der Waals surface area (Å²) in [5.41, 5.74) is 7.66. The molecule has 0 radical (unpaired) electrons. The van der Waals surface area contributed by atoms with Crippen LogP contribution in [0.25, 0.3) is 0 Å². The van der Waals surface area contributed by atoms with Crippen molar-refractivity contribution in [1.29, 1.82) is 0 Å². The molecule has 2 rings (SSSR count). The number of hydrogen-bond acceptors (Lipinski definition) is 4. The fraction of sp³-hybridized carbons (Fsp3) is 0.636. The number of nitrogens with zero attached hydrogens (tertiary/aromatic N) is 2. The Bertz CT molecular complexity index is 408. The fourth-order valence-electron chi connectivity index (χ4n) is 1.70. The Balaban J connectivity index is 1.94. The molecule has 0 aromatic carbocycles. The second kappa shape index (κ2) is 4.75. The quantitative estimate of drug-likeness (QED) is 0.681. The summed E-state index contributed by atoms with van der Waals surface area (Å²) in [7, 11) is 3.92. The van der Waals surface area contributed by atoms with Crippen LogP contribution in [0, 0.1) is 0 Å². The summed E-state index contributed by atoms with van der Waals surface area (Å²) in [5, 5.41) is 9.67. The number of aromatic amines is 1. The molecule has 17 heavy (non-hydrogen) atoms. The van der Waals surface area contributed by atoms with Gasteiger partial charge in [0, 0.05) is 19.0 Å². The Labute approximate surface area is 101 Å². The van der Waals surface area contributed by atoms with Crippen LogP contribution in [0.1, 0.15) is 34.9 Å². The Morgan fingerprint density at radius 3 is 2.88 bits per heavy atom. The minimum Gasteiger partial charge on any atom is -0.395 e. The van der Waals surface area contributed by atoms with Crippen LogP contribution < -0.4 is 11.1 Å². The molecule has 0 bridgehead atoms. The first-order chi connectivity index (χ1) is 8.09. The number of nitrogens with one attached hydrogen (secondary N) is 2. The van der Waals surface area contributed by atoms with Gasteiger partial charge in [-0.2, -0.15) is 5.10 Å². The highest BCUT2D eigenvalue weighted by molar-refractivity contribution is 5.97. The van der Waals surface area contributed by atoms with Gasteiger partial charge < -0.3 is 16.0 Å². The number of H-pyrrole nitrogens is 1. The number of nitrogens with two attached hydrogens (primary N) is 1. The third kappa shape index (κ3) is 2.76. The first kappa shape index (κ1) is 11.9. The van der Waals surface area contributed by atoms with E-state index in [1.807, 2.05) is 19.0 Å². The molecule has 1 amide bonds. The lowest BCUT2D eigenvalue weighted by Gasteiger charge is -2.09. The van der Waals surface area contributed by atoms with E-state index in [1.165, 1.54) is 0 Å². The Kier molecular flexibility index (Phi) is 3.33. The van der Waals surface area contributed by atoms with Crippen molar-refractivity contribution >= 4 is 11.6 Å². The number of hydrogen-bond donors (Lipinski definition) is 3. The fourth-order valence-corrected chi connectivity index (χ4v) is 1.70. The van der Waals surface area contributed by atoms with Crippen LogP contribution in [0.2, 0.25) is 0 Å². The van der Waals surface area contributed by atoms with E-state index in [9.17, 15) is 4.79 Å². The highest BCUT2D eigenvalue weighted by atomic mass is 16.1. The van der Waals surface area contributed by atoms with Crippen molar-refractivity contribution in [2.24, 2.45) is 0 Å². The molecular weight excluding hydrogens is 218 g/mol. The summed E-state index contributed by atoms with van der Waals surface area (Å²) in [6.45, 7) is 1.39. The van der Waals surface area contributed by atoms with Crippen LogP contribution in [-0.2, 0) is 0 Å². The van der Waals surface area contributed by atoms with Gasteiger partial charge in [0.05, 0.1) is 11.4 Å². The zero-order valence-corrected chi connectivity index (χ0v) is 10.3. The predicted molar refractivity (Wildman–Crippen MR) is 65.9 cm³/mol. The molecule has 0 saturated heterocycles. The molecule has 94 valence electrons. The van der Waals surface area contributed by atoms with Gasteiger partial charge >= 0.3 is 0 Å². The number of likely N-dealkylation sites (N-methyl/N-ethyl adjacent to an activating group) is 1. The first-order valence-electron chi connectivity index (χ1n) is 5.86. The Morgan fingerprint density at radius 1 is 1.59 bits per heavy atom. The highest BCUT2D eigenvalue weighted by Crippen LogP contribution is 2.42. The van der Waals surface area contributed by atoms with Gasteiger partial charge in [0.1, 0.15) is 0 Å². The number of rotatable bonds is 5. The van der Waals surface area contributed by atoms with Crippen molar-refractivity contribution in [3.8, 4) is 0 Å². The molecular formula is C11H19N5O. The first-order valence-corrected chi connectivity index (χ1v) is 5.86. The normalized spacial score (nSPS) is 15.2. The van der Waals surface area contributed by atoms with Crippen molar-refractivity contribution in [3.05, 3.63) is 11.4 Å². The molecule has 0 spiro atoms. The van der Waals surface area contributed by atoms with Crippen molar-refractivity contribution in [2.75, 3.05) is 32.9 Å². The smallest absolute Gasteiger partial charge is 0.273 e. The van der Waals surface area contributed by atoms with E-state index in [2.05, 4.69) is 15.5 Å². The monoisotopic (exact) mass is 237 g/mol. The number of anilines is 1. The van der Waals surface area contributed by atoms with Crippen LogP contribution in [0.5, 0.6) is 0 Å². The van der Waals surface area contributed by atoms with Crippen LogP contribution in [0.15, 0.2) is 0 Å². The van der Waals surface area contributed by atoms with E-state index in [-0.39, 0.29) is 5.91 Å².